The van der Waals surface area contributed by atoms with Gasteiger partial charge < -0.3 is 4.74 Å². The smallest absolute Gasteiger partial charge is 0.140 e. The fourth-order valence-corrected chi connectivity index (χ4v) is 2.68. The summed E-state index contributed by atoms with van der Waals surface area (Å²) in [6.07, 6.45) is 2.71. The van der Waals surface area contributed by atoms with E-state index >= 15 is 0 Å². The molecule has 0 spiro atoms. The van der Waals surface area contributed by atoms with E-state index in [0.717, 1.165) is 30.6 Å². The Kier molecular flexibility index (Phi) is 2.99. The topological polar surface area (TPSA) is 26.3 Å². The van der Waals surface area contributed by atoms with Gasteiger partial charge in [0.25, 0.3) is 0 Å². The first-order chi connectivity index (χ1) is 7.63. The summed E-state index contributed by atoms with van der Waals surface area (Å²) in [4.78, 5) is 11.8. The number of benzene rings is 1. The molecule has 0 bridgehead atoms. The maximum Gasteiger partial charge on any atom is 0.140 e. The summed E-state index contributed by atoms with van der Waals surface area (Å²) in [6.45, 7) is 4.12. The predicted octanol–water partition coefficient (Wildman–Crippen LogP) is 3.15. The van der Waals surface area contributed by atoms with Crippen molar-refractivity contribution in [1.29, 1.82) is 0 Å². The lowest BCUT2D eigenvalue weighted by molar-refractivity contribution is -0.118. The van der Waals surface area contributed by atoms with Gasteiger partial charge in [-0.1, -0.05) is 6.07 Å². The van der Waals surface area contributed by atoms with Crippen LogP contribution in [0.2, 0.25) is 0 Å². The third-order valence-electron chi connectivity index (χ3n) is 3.37. The summed E-state index contributed by atoms with van der Waals surface area (Å²) >= 11 is 0. The molecule has 16 heavy (non-hydrogen) atoms. The molecule has 0 aliphatic heterocycles. The lowest BCUT2D eigenvalue weighted by Crippen LogP contribution is -2.08. The molecule has 1 saturated carbocycles. The molecule has 2 rings (SSSR count). The molecule has 0 N–H and O–H groups in total. The molecule has 0 amide bonds. The maximum absolute atomic E-state index is 11.8. The standard InChI is InChI=1S/C14H18O2/c1-9-7-10(2)14(13(8-9)16-3)11-5-4-6-12(11)15/h7-8,11H,4-6H2,1-3H3. The molecule has 1 aliphatic rings. The van der Waals surface area contributed by atoms with Crippen LogP contribution >= 0.6 is 0 Å². The molecule has 86 valence electrons. The average Bonchev–Trinajstić information content (AvgIpc) is 2.63. The molecule has 0 aromatic heterocycles. The number of ketones is 1. The van der Waals surface area contributed by atoms with Gasteiger partial charge in [-0.25, -0.2) is 0 Å². The zero-order chi connectivity index (χ0) is 11.7. The van der Waals surface area contributed by atoms with Gasteiger partial charge in [0.15, 0.2) is 0 Å². The van der Waals surface area contributed by atoms with Crippen LogP contribution in [-0.2, 0) is 4.79 Å². The van der Waals surface area contributed by atoms with Crippen LogP contribution in [0.25, 0.3) is 0 Å². The highest BCUT2D eigenvalue weighted by atomic mass is 16.5. The Bertz CT molecular complexity index is 421. The number of hydrogen-bond donors (Lipinski definition) is 0. The van der Waals surface area contributed by atoms with Crippen LogP contribution in [0.3, 0.4) is 0 Å². The highest BCUT2D eigenvalue weighted by Crippen LogP contribution is 2.38. The largest absolute Gasteiger partial charge is 0.496 e. The van der Waals surface area contributed by atoms with Gasteiger partial charge in [-0.15, -0.1) is 0 Å². The molecule has 1 aromatic rings. The van der Waals surface area contributed by atoms with Crippen LogP contribution in [0.5, 0.6) is 5.75 Å². The summed E-state index contributed by atoms with van der Waals surface area (Å²) in [6, 6.07) is 4.15. The van der Waals surface area contributed by atoms with Gasteiger partial charge >= 0.3 is 0 Å². The number of aryl methyl sites for hydroxylation is 2. The third kappa shape index (κ3) is 1.84. The van der Waals surface area contributed by atoms with Gasteiger partial charge in [-0.3, -0.25) is 4.79 Å². The lowest BCUT2D eigenvalue weighted by atomic mass is 9.90. The van der Waals surface area contributed by atoms with E-state index in [9.17, 15) is 4.79 Å². The molecule has 0 heterocycles. The Morgan fingerprint density at radius 3 is 2.62 bits per heavy atom. The number of rotatable bonds is 2. The van der Waals surface area contributed by atoms with Crippen LogP contribution in [0.15, 0.2) is 12.1 Å². The first-order valence-electron chi connectivity index (χ1n) is 5.81. The van der Waals surface area contributed by atoms with Crippen LogP contribution in [0.4, 0.5) is 0 Å². The van der Waals surface area contributed by atoms with Crippen LogP contribution < -0.4 is 4.74 Å². The van der Waals surface area contributed by atoms with Crippen molar-refractivity contribution in [3.63, 3.8) is 0 Å². The van der Waals surface area contributed by atoms with Gasteiger partial charge in [0, 0.05) is 17.9 Å². The summed E-state index contributed by atoms with van der Waals surface area (Å²) in [5, 5.41) is 0. The minimum absolute atomic E-state index is 0.0653. The average molecular weight is 218 g/mol. The van der Waals surface area contributed by atoms with Crippen molar-refractivity contribution in [2.75, 3.05) is 7.11 Å². The molecule has 2 heteroatoms. The molecular weight excluding hydrogens is 200 g/mol. The number of hydrogen-bond acceptors (Lipinski definition) is 2. The quantitative estimate of drug-likeness (QED) is 0.762. The van der Waals surface area contributed by atoms with Gasteiger partial charge in [-0.05, 0) is 43.9 Å². The highest BCUT2D eigenvalue weighted by Gasteiger charge is 2.29. The van der Waals surface area contributed by atoms with E-state index in [-0.39, 0.29) is 5.92 Å². The van der Waals surface area contributed by atoms with Crippen molar-refractivity contribution < 1.29 is 9.53 Å². The SMILES string of the molecule is COc1cc(C)cc(C)c1C1CCCC1=O. The summed E-state index contributed by atoms with van der Waals surface area (Å²) in [5.74, 6) is 1.30. The Morgan fingerprint density at radius 1 is 1.31 bits per heavy atom. The molecule has 0 radical (unpaired) electrons. The summed E-state index contributed by atoms with van der Waals surface area (Å²) in [5.41, 5.74) is 3.47. The molecule has 1 unspecified atom stereocenters. The van der Waals surface area contributed by atoms with E-state index in [1.165, 1.54) is 11.1 Å². The highest BCUT2D eigenvalue weighted by molar-refractivity contribution is 5.88. The van der Waals surface area contributed by atoms with Crippen LogP contribution in [0.1, 0.15) is 41.9 Å². The molecule has 1 fully saturated rings. The van der Waals surface area contributed by atoms with Crippen LogP contribution in [0, 0.1) is 13.8 Å². The predicted molar refractivity (Wildman–Crippen MR) is 64.1 cm³/mol. The Morgan fingerprint density at radius 2 is 2.06 bits per heavy atom. The first-order valence-corrected chi connectivity index (χ1v) is 5.81. The number of methoxy groups -OCH3 is 1. The van der Waals surface area contributed by atoms with Crippen molar-refractivity contribution >= 4 is 5.78 Å². The fourth-order valence-electron chi connectivity index (χ4n) is 2.68. The zero-order valence-corrected chi connectivity index (χ0v) is 10.2. The Labute approximate surface area is 96.6 Å². The minimum atomic E-state index is 0.0653. The van der Waals surface area contributed by atoms with Crippen molar-refractivity contribution in [2.24, 2.45) is 0 Å². The van der Waals surface area contributed by atoms with E-state index in [1.807, 2.05) is 6.07 Å². The van der Waals surface area contributed by atoms with Crippen molar-refractivity contribution in [1.82, 2.24) is 0 Å². The van der Waals surface area contributed by atoms with E-state index in [2.05, 4.69) is 19.9 Å². The van der Waals surface area contributed by atoms with E-state index in [4.69, 9.17) is 4.74 Å². The fraction of sp³-hybridized carbons (Fsp3) is 0.500. The number of carbonyl (C=O) groups excluding carboxylic acids is 1. The maximum atomic E-state index is 11.8. The van der Waals surface area contributed by atoms with Crippen molar-refractivity contribution in [3.8, 4) is 5.75 Å². The molecule has 0 saturated heterocycles. The third-order valence-corrected chi connectivity index (χ3v) is 3.37. The van der Waals surface area contributed by atoms with Gasteiger partial charge in [0.1, 0.15) is 11.5 Å². The zero-order valence-electron chi connectivity index (χ0n) is 10.2. The second-order valence-corrected chi connectivity index (χ2v) is 4.61. The molecule has 2 nitrogen and oxygen atoms in total. The van der Waals surface area contributed by atoms with Crippen molar-refractivity contribution in [3.05, 3.63) is 28.8 Å². The van der Waals surface area contributed by atoms with E-state index in [1.54, 1.807) is 7.11 Å². The number of carbonyl (C=O) groups is 1. The second-order valence-electron chi connectivity index (χ2n) is 4.61. The monoisotopic (exact) mass is 218 g/mol. The summed E-state index contributed by atoms with van der Waals surface area (Å²) in [7, 11) is 1.68. The summed E-state index contributed by atoms with van der Waals surface area (Å²) < 4.78 is 5.42. The Hall–Kier alpha value is -1.31. The molecule has 1 atom stereocenters. The van der Waals surface area contributed by atoms with Crippen molar-refractivity contribution in [2.45, 2.75) is 39.0 Å². The molecule has 1 aliphatic carbocycles. The van der Waals surface area contributed by atoms with Gasteiger partial charge in [-0.2, -0.15) is 0 Å². The first kappa shape index (κ1) is 11.2. The van der Waals surface area contributed by atoms with Gasteiger partial charge in [0.05, 0.1) is 7.11 Å². The van der Waals surface area contributed by atoms with E-state index in [0.29, 0.717) is 5.78 Å². The molecule has 1 aromatic carbocycles. The minimum Gasteiger partial charge on any atom is -0.496 e. The lowest BCUT2D eigenvalue weighted by Gasteiger charge is -2.17. The Balaban J connectivity index is 2.50. The van der Waals surface area contributed by atoms with Crippen LogP contribution in [-0.4, -0.2) is 12.9 Å². The molecular formula is C14H18O2. The second kappa shape index (κ2) is 4.28. The van der Waals surface area contributed by atoms with E-state index < -0.39 is 0 Å². The van der Waals surface area contributed by atoms with Gasteiger partial charge in [0.2, 0.25) is 0 Å². The normalized spacial score (nSPS) is 20.2. The number of Topliss-reactive ketones (excluding diaryl/α,β-unsaturated/α-hetero) is 1. The number of ether oxygens (including phenoxy) is 1.